The summed E-state index contributed by atoms with van der Waals surface area (Å²) in [6.07, 6.45) is -2.21. The molecule has 0 heterocycles. The van der Waals surface area contributed by atoms with Crippen LogP contribution in [-0.2, 0) is 30.3 Å². The Kier molecular flexibility index (Phi) is 12.2. The minimum atomic E-state index is -4.53. The molecule has 6 nitrogen and oxygen atoms in total. The summed E-state index contributed by atoms with van der Waals surface area (Å²) in [5, 5.41) is 0. The molecule has 0 aliphatic heterocycles. The molecule has 222 valence electrons. The number of Topliss-reactive ketones (excluding diaryl/α,β-unsaturated/α-hetero) is 1. The molecule has 0 spiro atoms. The summed E-state index contributed by atoms with van der Waals surface area (Å²) in [4.78, 5) is 25.4. The van der Waals surface area contributed by atoms with Gasteiger partial charge in [0.15, 0.2) is 9.84 Å². The first-order valence-electron chi connectivity index (χ1n) is 13.2. The van der Waals surface area contributed by atoms with E-state index in [1.165, 1.54) is 0 Å². The van der Waals surface area contributed by atoms with Gasteiger partial charge in [-0.25, -0.2) is 8.42 Å². The molecule has 2 aromatic carbocycles. The van der Waals surface area contributed by atoms with Gasteiger partial charge in [-0.1, -0.05) is 44.2 Å². The normalized spacial score (nSPS) is 19.4. The number of hydrogen-bond donors (Lipinski definition) is 1. The smallest absolute Gasteiger partial charge is 0.416 e. The Balaban J connectivity index is 0.00000560. The second-order valence-electron chi connectivity index (χ2n) is 10.7. The summed E-state index contributed by atoms with van der Waals surface area (Å²) in [7, 11) is -3.75. The highest BCUT2D eigenvalue weighted by Gasteiger charge is 2.33. The molecule has 1 aliphatic carbocycles. The van der Waals surface area contributed by atoms with Crippen molar-refractivity contribution in [3.05, 3.63) is 65.7 Å². The third-order valence-electron chi connectivity index (χ3n) is 7.43. The lowest BCUT2D eigenvalue weighted by atomic mass is 9.78. The minimum Gasteiger partial charge on any atom is -0.464 e. The highest BCUT2D eigenvalue weighted by Crippen LogP contribution is 2.35. The largest absolute Gasteiger partial charge is 0.464 e. The fourth-order valence-corrected chi connectivity index (χ4v) is 6.56. The average molecular weight is 604 g/mol. The molecule has 3 rings (SSSR count). The van der Waals surface area contributed by atoms with Gasteiger partial charge in [-0.2, -0.15) is 13.2 Å². The maximum Gasteiger partial charge on any atom is 0.416 e. The molecule has 1 aliphatic rings. The van der Waals surface area contributed by atoms with E-state index < -0.39 is 33.6 Å². The summed E-state index contributed by atoms with van der Waals surface area (Å²) >= 11 is 0. The SMILES string of the molecule is CC(C)[C@H](N)C(=O)OC[C@@H](CC(=O)C1CCC(CS(=O)(=O)c2ccc(C(F)(F)F)cc2)CC1)c1ccccc1.Cl. The maximum absolute atomic E-state index is 13.2. The summed E-state index contributed by atoms with van der Waals surface area (Å²) in [5.74, 6) is -1.44. The second kappa shape index (κ2) is 14.5. The van der Waals surface area contributed by atoms with Gasteiger partial charge in [-0.3, -0.25) is 9.59 Å². The standard InChI is InChI=1S/C29H36F3NO5S.ClH/c1-19(2)27(33)28(35)38-17-23(21-6-4-3-5-7-21)16-26(34)22-10-8-20(9-11-22)18-39(36,37)25-14-12-24(13-15-25)29(30,31)32;/h3-7,12-15,19-20,22-23,27H,8-11,16-18,33H2,1-2H3;1H/t20?,22?,23-,27+;/m1./s1. The number of esters is 1. The molecule has 0 amide bonds. The van der Waals surface area contributed by atoms with Gasteiger partial charge in [-0.15, -0.1) is 12.4 Å². The van der Waals surface area contributed by atoms with Crippen LogP contribution >= 0.6 is 12.4 Å². The van der Waals surface area contributed by atoms with E-state index in [9.17, 15) is 31.2 Å². The molecule has 2 N–H and O–H groups in total. The first-order valence-corrected chi connectivity index (χ1v) is 14.8. The van der Waals surface area contributed by atoms with Crippen molar-refractivity contribution in [1.82, 2.24) is 0 Å². The molecule has 40 heavy (non-hydrogen) atoms. The zero-order valence-corrected chi connectivity index (χ0v) is 24.2. The van der Waals surface area contributed by atoms with Crippen LogP contribution < -0.4 is 5.73 Å². The Morgan fingerprint density at radius 2 is 1.55 bits per heavy atom. The number of nitrogens with two attached hydrogens (primary N) is 1. The van der Waals surface area contributed by atoms with E-state index in [1.54, 1.807) is 0 Å². The maximum atomic E-state index is 13.2. The molecule has 1 fully saturated rings. The number of ether oxygens (including phenoxy) is 1. The lowest BCUT2D eigenvalue weighted by Crippen LogP contribution is -2.37. The third-order valence-corrected chi connectivity index (χ3v) is 9.33. The van der Waals surface area contributed by atoms with Crippen LogP contribution in [0.1, 0.15) is 63.0 Å². The Morgan fingerprint density at radius 1 is 0.975 bits per heavy atom. The Morgan fingerprint density at radius 3 is 2.08 bits per heavy atom. The van der Waals surface area contributed by atoms with Crippen LogP contribution in [0.5, 0.6) is 0 Å². The monoisotopic (exact) mass is 603 g/mol. The van der Waals surface area contributed by atoms with Gasteiger partial charge in [0.05, 0.1) is 22.8 Å². The van der Waals surface area contributed by atoms with E-state index in [0.717, 1.165) is 29.8 Å². The van der Waals surface area contributed by atoms with Crippen molar-refractivity contribution < 1.29 is 35.9 Å². The lowest BCUT2D eigenvalue weighted by molar-refractivity contribution is -0.147. The predicted octanol–water partition coefficient (Wildman–Crippen LogP) is 5.98. The Labute approximate surface area is 240 Å². The van der Waals surface area contributed by atoms with E-state index in [1.807, 2.05) is 44.2 Å². The molecular weight excluding hydrogens is 567 g/mol. The molecule has 2 atom stereocenters. The Bertz CT molecular complexity index is 1210. The third kappa shape index (κ3) is 9.31. The zero-order chi connectivity index (χ0) is 28.8. The minimum absolute atomic E-state index is 0. The predicted molar refractivity (Wildman–Crippen MR) is 149 cm³/mol. The van der Waals surface area contributed by atoms with E-state index in [2.05, 4.69) is 0 Å². The molecule has 0 saturated heterocycles. The fraction of sp³-hybridized carbons (Fsp3) is 0.517. The van der Waals surface area contributed by atoms with Crippen molar-refractivity contribution in [1.29, 1.82) is 0 Å². The fourth-order valence-electron chi connectivity index (χ4n) is 4.87. The molecule has 0 bridgehead atoms. The van der Waals surface area contributed by atoms with Crippen LogP contribution in [0, 0.1) is 17.8 Å². The van der Waals surface area contributed by atoms with Crippen molar-refractivity contribution >= 4 is 34.0 Å². The van der Waals surface area contributed by atoms with Crippen molar-refractivity contribution in [3.8, 4) is 0 Å². The van der Waals surface area contributed by atoms with Crippen molar-refractivity contribution in [2.24, 2.45) is 23.5 Å². The van der Waals surface area contributed by atoms with E-state index in [4.69, 9.17) is 10.5 Å². The van der Waals surface area contributed by atoms with E-state index in [-0.39, 0.29) is 65.5 Å². The van der Waals surface area contributed by atoms with Crippen LogP contribution in [0.2, 0.25) is 0 Å². The summed E-state index contributed by atoms with van der Waals surface area (Å²) in [5.41, 5.74) is 5.88. The number of rotatable bonds is 11. The summed E-state index contributed by atoms with van der Waals surface area (Å²) < 4.78 is 69.5. The topological polar surface area (TPSA) is 104 Å². The molecule has 2 aromatic rings. The van der Waals surface area contributed by atoms with Crippen molar-refractivity contribution in [2.75, 3.05) is 12.4 Å². The average Bonchev–Trinajstić information content (AvgIpc) is 2.90. The Hall–Kier alpha value is -2.43. The highest BCUT2D eigenvalue weighted by atomic mass is 35.5. The molecule has 0 unspecified atom stereocenters. The first kappa shape index (κ1) is 33.8. The van der Waals surface area contributed by atoms with E-state index >= 15 is 0 Å². The number of hydrogen-bond acceptors (Lipinski definition) is 6. The second-order valence-corrected chi connectivity index (χ2v) is 12.7. The molecular formula is C29H37ClF3NO5S. The van der Waals surface area contributed by atoms with Gasteiger partial charge in [-0.05, 0) is 67.3 Å². The number of benzene rings is 2. The number of ketones is 1. The highest BCUT2D eigenvalue weighted by molar-refractivity contribution is 7.91. The van der Waals surface area contributed by atoms with Crippen molar-refractivity contribution in [3.63, 3.8) is 0 Å². The number of halogens is 4. The van der Waals surface area contributed by atoms with Gasteiger partial charge < -0.3 is 10.5 Å². The van der Waals surface area contributed by atoms with Gasteiger partial charge >= 0.3 is 12.1 Å². The first-order chi connectivity index (χ1) is 18.3. The zero-order valence-electron chi connectivity index (χ0n) is 22.6. The molecule has 0 aromatic heterocycles. The van der Waals surface area contributed by atoms with Crippen LogP contribution in [0.3, 0.4) is 0 Å². The van der Waals surface area contributed by atoms with Crippen LogP contribution in [0.25, 0.3) is 0 Å². The van der Waals surface area contributed by atoms with Crippen LogP contribution in [0.15, 0.2) is 59.5 Å². The number of carbonyl (C=O) groups excluding carboxylic acids is 2. The lowest BCUT2D eigenvalue weighted by Gasteiger charge is -2.29. The number of sulfone groups is 1. The van der Waals surface area contributed by atoms with Crippen molar-refractivity contribution in [2.45, 2.75) is 69.0 Å². The molecule has 11 heteroatoms. The van der Waals surface area contributed by atoms with E-state index in [0.29, 0.717) is 25.7 Å². The van der Waals surface area contributed by atoms with Gasteiger partial charge in [0, 0.05) is 18.3 Å². The van der Waals surface area contributed by atoms with Crippen LogP contribution in [-0.4, -0.2) is 38.6 Å². The van der Waals surface area contributed by atoms with Gasteiger partial charge in [0.25, 0.3) is 0 Å². The van der Waals surface area contributed by atoms with Gasteiger partial charge in [0.2, 0.25) is 0 Å². The van der Waals surface area contributed by atoms with Gasteiger partial charge in [0.1, 0.15) is 11.8 Å². The summed E-state index contributed by atoms with van der Waals surface area (Å²) in [6, 6.07) is 12.2. The quantitative estimate of drug-likeness (QED) is 0.317. The summed E-state index contributed by atoms with van der Waals surface area (Å²) in [6.45, 7) is 3.69. The molecule has 0 radical (unpaired) electrons. The number of carbonyl (C=O) groups is 2. The number of alkyl halides is 3. The van der Waals surface area contributed by atoms with Crippen LogP contribution in [0.4, 0.5) is 13.2 Å². The molecule has 1 saturated carbocycles.